The van der Waals surface area contributed by atoms with Gasteiger partial charge in [-0.15, -0.1) is 0 Å². The number of para-hydroxylation sites is 1. The number of halogens is 1. The molecule has 1 aliphatic heterocycles. The van der Waals surface area contributed by atoms with Crippen LogP contribution in [0, 0.1) is 17.1 Å². The van der Waals surface area contributed by atoms with Crippen molar-refractivity contribution in [2.75, 3.05) is 18.9 Å². The average molecular weight is 460 g/mol. The van der Waals surface area contributed by atoms with Gasteiger partial charge in [0.1, 0.15) is 29.1 Å². The zero-order valence-electron chi connectivity index (χ0n) is 18.7. The summed E-state index contributed by atoms with van der Waals surface area (Å²) in [6.45, 7) is 0.520. The van der Waals surface area contributed by atoms with Crippen LogP contribution >= 0.6 is 0 Å². The number of primary amides is 1. The molecular weight excluding hydrogens is 433 g/mol. The third-order valence-corrected chi connectivity index (χ3v) is 5.69. The third-order valence-electron chi connectivity index (χ3n) is 5.69. The molecule has 0 aliphatic carbocycles. The maximum Gasteiger partial charge on any atom is 0.234 e. The second kappa shape index (κ2) is 10.2. The van der Waals surface area contributed by atoms with Gasteiger partial charge in [0.05, 0.1) is 11.8 Å². The van der Waals surface area contributed by atoms with Crippen LogP contribution in [0.4, 0.5) is 10.1 Å². The molecule has 34 heavy (non-hydrogen) atoms. The fourth-order valence-corrected chi connectivity index (χ4v) is 3.97. The first kappa shape index (κ1) is 23.0. The van der Waals surface area contributed by atoms with E-state index in [-0.39, 0.29) is 17.6 Å². The summed E-state index contributed by atoms with van der Waals surface area (Å²) >= 11 is 0. The van der Waals surface area contributed by atoms with E-state index in [0.717, 1.165) is 17.7 Å². The highest BCUT2D eigenvalue weighted by molar-refractivity contribution is 6.25. The fraction of sp³-hybridized carbons (Fsp3) is 0.192. The molecule has 3 aromatic rings. The normalized spacial score (nSPS) is 16.1. The summed E-state index contributed by atoms with van der Waals surface area (Å²) in [6.07, 6.45) is 0.760. The lowest BCUT2D eigenvalue weighted by molar-refractivity contribution is -0.118. The van der Waals surface area contributed by atoms with Crippen molar-refractivity contribution < 1.29 is 13.9 Å². The van der Waals surface area contributed by atoms with E-state index in [1.54, 1.807) is 24.3 Å². The molecule has 0 aromatic heterocycles. The summed E-state index contributed by atoms with van der Waals surface area (Å²) in [5.74, 6) is -0.585. The molecule has 174 valence electrons. The number of nitrogens with two attached hydrogens (primary N) is 1. The number of hydrogen-bond acceptors (Lipinski definition) is 6. The van der Waals surface area contributed by atoms with Crippen LogP contribution in [0.3, 0.4) is 0 Å². The topological polar surface area (TPSA) is 113 Å². The Balaban J connectivity index is 1.51. The number of hydrogen-bond donors (Lipinski definition) is 4. The van der Waals surface area contributed by atoms with Crippen LogP contribution < -0.4 is 21.1 Å². The standard InChI is InChI=1S/C26H26FN5O2/c1-30-21-5-3-2-4-20(21)22-14-15-31-26(32-22)23(25(29)33)24(28)16-6-10-18(11-7-16)34-19-12-8-17(27)9-13-19/h2-13,22-23,28,30H,14-15H2,1H3,(H2,29,33)(H,31,32). The number of aliphatic imine (C=N–C) groups is 1. The Hall–Kier alpha value is -4.20. The first-order valence-electron chi connectivity index (χ1n) is 11.0. The Morgan fingerprint density at radius 3 is 2.41 bits per heavy atom. The molecule has 1 heterocycles. The smallest absolute Gasteiger partial charge is 0.234 e. The number of nitrogens with zero attached hydrogens (tertiary/aromatic N) is 1. The summed E-state index contributed by atoms with van der Waals surface area (Å²) in [7, 11) is 1.86. The highest BCUT2D eigenvalue weighted by Gasteiger charge is 2.32. The number of amidine groups is 1. The number of ether oxygens (including phenoxy) is 1. The molecule has 1 aliphatic rings. The van der Waals surface area contributed by atoms with E-state index >= 15 is 0 Å². The van der Waals surface area contributed by atoms with E-state index in [9.17, 15) is 9.18 Å². The van der Waals surface area contributed by atoms with Crippen LogP contribution in [0.5, 0.6) is 11.5 Å². The van der Waals surface area contributed by atoms with E-state index in [4.69, 9.17) is 15.9 Å². The number of nitrogens with one attached hydrogen (secondary N) is 3. The molecule has 1 amide bonds. The quantitative estimate of drug-likeness (QED) is 0.377. The van der Waals surface area contributed by atoms with Gasteiger partial charge in [0.25, 0.3) is 0 Å². The summed E-state index contributed by atoms with van der Waals surface area (Å²) in [6, 6.07) is 20.3. The molecular formula is C26H26FN5O2. The second-order valence-corrected chi connectivity index (χ2v) is 7.92. The number of carbonyl (C=O) groups excluding carboxylic acids is 1. The first-order valence-corrected chi connectivity index (χ1v) is 11.0. The van der Waals surface area contributed by atoms with Gasteiger partial charge in [-0.05, 0) is 72.1 Å². The summed E-state index contributed by atoms with van der Waals surface area (Å²) in [5, 5.41) is 15.2. The van der Waals surface area contributed by atoms with Gasteiger partial charge in [-0.3, -0.25) is 9.79 Å². The van der Waals surface area contributed by atoms with Crippen molar-refractivity contribution in [3.63, 3.8) is 0 Å². The van der Waals surface area contributed by atoms with Gasteiger partial charge in [-0.1, -0.05) is 18.2 Å². The summed E-state index contributed by atoms with van der Waals surface area (Å²) in [4.78, 5) is 16.9. The molecule has 0 saturated heterocycles. The molecule has 0 bridgehead atoms. The monoisotopic (exact) mass is 459 g/mol. The van der Waals surface area contributed by atoms with Gasteiger partial charge in [-0.2, -0.15) is 0 Å². The van der Waals surface area contributed by atoms with Crippen LogP contribution in [0.1, 0.15) is 23.6 Å². The first-order chi connectivity index (χ1) is 16.5. The van der Waals surface area contributed by atoms with Crippen LogP contribution in [0.25, 0.3) is 0 Å². The molecule has 7 nitrogen and oxygen atoms in total. The Bertz CT molecular complexity index is 1210. The predicted octanol–water partition coefficient (Wildman–Crippen LogP) is 4.26. The van der Waals surface area contributed by atoms with Crippen molar-refractivity contribution in [3.05, 3.63) is 89.7 Å². The molecule has 8 heteroatoms. The van der Waals surface area contributed by atoms with Gasteiger partial charge in [0, 0.05) is 19.3 Å². The maximum absolute atomic E-state index is 13.1. The third kappa shape index (κ3) is 5.06. The molecule has 0 spiro atoms. The van der Waals surface area contributed by atoms with Crippen molar-refractivity contribution >= 4 is 23.1 Å². The fourth-order valence-electron chi connectivity index (χ4n) is 3.97. The van der Waals surface area contributed by atoms with Crippen molar-refractivity contribution in [2.24, 2.45) is 16.6 Å². The SMILES string of the molecule is CNc1ccccc1C1CCN=C(C(C(=N)c2ccc(Oc3ccc(F)cc3)cc2)C(N)=O)N1. The number of amides is 1. The van der Waals surface area contributed by atoms with E-state index in [1.807, 2.05) is 31.3 Å². The van der Waals surface area contributed by atoms with Crippen LogP contribution in [-0.2, 0) is 4.79 Å². The Morgan fingerprint density at radius 2 is 1.76 bits per heavy atom. The highest BCUT2D eigenvalue weighted by atomic mass is 19.1. The van der Waals surface area contributed by atoms with Crippen molar-refractivity contribution in [3.8, 4) is 11.5 Å². The van der Waals surface area contributed by atoms with Crippen LogP contribution in [0.15, 0.2) is 77.8 Å². The van der Waals surface area contributed by atoms with E-state index < -0.39 is 11.8 Å². The van der Waals surface area contributed by atoms with Gasteiger partial charge in [-0.25, -0.2) is 4.39 Å². The summed E-state index contributed by atoms with van der Waals surface area (Å²) < 4.78 is 18.8. The molecule has 2 unspecified atom stereocenters. The van der Waals surface area contributed by atoms with Crippen molar-refractivity contribution in [1.29, 1.82) is 5.41 Å². The highest BCUT2D eigenvalue weighted by Crippen LogP contribution is 2.28. The second-order valence-electron chi connectivity index (χ2n) is 7.92. The van der Waals surface area contributed by atoms with Gasteiger partial charge < -0.3 is 26.5 Å². The number of benzene rings is 3. The van der Waals surface area contributed by atoms with Crippen LogP contribution in [-0.4, -0.2) is 31.0 Å². The van der Waals surface area contributed by atoms with E-state index in [1.165, 1.54) is 24.3 Å². The van der Waals surface area contributed by atoms with E-state index in [0.29, 0.717) is 29.4 Å². The van der Waals surface area contributed by atoms with Gasteiger partial charge in [0.2, 0.25) is 5.91 Å². The lowest BCUT2D eigenvalue weighted by Gasteiger charge is -2.30. The number of anilines is 1. The maximum atomic E-state index is 13.1. The van der Waals surface area contributed by atoms with Gasteiger partial charge >= 0.3 is 0 Å². The average Bonchev–Trinajstić information content (AvgIpc) is 2.86. The number of rotatable bonds is 8. The molecule has 4 rings (SSSR count). The number of carbonyl (C=O) groups is 1. The minimum absolute atomic E-state index is 0.0506. The minimum Gasteiger partial charge on any atom is -0.457 e. The largest absolute Gasteiger partial charge is 0.457 e. The zero-order valence-corrected chi connectivity index (χ0v) is 18.7. The Kier molecular flexibility index (Phi) is 6.87. The lowest BCUT2D eigenvalue weighted by atomic mass is 9.92. The molecule has 2 atom stereocenters. The Labute approximate surface area is 197 Å². The van der Waals surface area contributed by atoms with Crippen molar-refractivity contribution in [2.45, 2.75) is 12.5 Å². The molecule has 0 radical (unpaired) electrons. The minimum atomic E-state index is -1.01. The van der Waals surface area contributed by atoms with Gasteiger partial charge in [0.15, 0.2) is 0 Å². The van der Waals surface area contributed by atoms with E-state index in [2.05, 4.69) is 15.6 Å². The Morgan fingerprint density at radius 1 is 1.12 bits per heavy atom. The van der Waals surface area contributed by atoms with Crippen molar-refractivity contribution in [1.82, 2.24) is 5.32 Å². The molecule has 0 fully saturated rings. The van der Waals surface area contributed by atoms with Crippen LogP contribution in [0.2, 0.25) is 0 Å². The molecule has 3 aromatic carbocycles. The summed E-state index contributed by atoms with van der Waals surface area (Å²) in [5.41, 5.74) is 8.35. The molecule has 0 saturated carbocycles. The predicted molar refractivity (Wildman–Crippen MR) is 131 cm³/mol. The molecule has 5 N–H and O–H groups in total. The zero-order chi connectivity index (χ0) is 24.1. The lowest BCUT2D eigenvalue weighted by Crippen LogP contribution is -2.46.